The van der Waals surface area contributed by atoms with Crippen molar-refractivity contribution in [2.24, 2.45) is 5.92 Å². The van der Waals surface area contributed by atoms with Gasteiger partial charge in [0.2, 0.25) is 0 Å². The number of amides is 1. The number of rotatable bonds is 2. The highest BCUT2D eigenvalue weighted by Gasteiger charge is 2.39. The van der Waals surface area contributed by atoms with E-state index in [1.165, 1.54) is 4.90 Å². The summed E-state index contributed by atoms with van der Waals surface area (Å²) >= 11 is 0. The maximum absolute atomic E-state index is 12.3. The summed E-state index contributed by atoms with van der Waals surface area (Å²) < 4.78 is 0. The molecule has 1 fully saturated rings. The molecule has 0 bridgehead atoms. The number of pyridine rings is 1. The van der Waals surface area contributed by atoms with Crippen LogP contribution in [0.1, 0.15) is 29.4 Å². The first kappa shape index (κ1) is 12.5. The van der Waals surface area contributed by atoms with Crippen molar-refractivity contribution in [3.63, 3.8) is 0 Å². The molecule has 1 aliphatic rings. The number of hydrogen-bond donors (Lipinski definition) is 1. The monoisotopic (exact) mass is 248 g/mol. The summed E-state index contributed by atoms with van der Waals surface area (Å²) in [7, 11) is 0. The Bertz CT molecular complexity index is 487. The van der Waals surface area contributed by atoms with Crippen LogP contribution in [-0.2, 0) is 4.79 Å². The molecule has 2 unspecified atom stereocenters. The normalized spacial score (nSPS) is 23.1. The van der Waals surface area contributed by atoms with Gasteiger partial charge in [0.25, 0.3) is 5.91 Å². The lowest BCUT2D eigenvalue weighted by atomic mass is 10.0. The van der Waals surface area contributed by atoms with Gasteiger partial charge in [0.05, 0.1) is 0 Å². The van der Waals surface area contributed by atoms with Gasteiger partial charge < -0.3 is 10.0 Å². The number of carbonyl (C=O) groups excluding carboxylic acids is 1. The minimum absolute atomic E-state index is 0.00520. The molecule has 2 rings (SSSR count). The van der Waals surface area contributed by atoms with E-state index >= 15 is 0 Å². The fraction of sp³-hybridized carbons (Fsp3) is 0.462. The molecule has 1 aromatic rings. The van der Waals surface area contributed by atoms with Crippen LogP contribution in [-0.4, -0.2) is 39.5 Å². The average Bonchev–Trinajstić information content (AvgIpc) is 2.70. The van der Waals surface area contributed by atoms with Crippen LogP contribution in [0.15, 0.2) is 18.3 Å². The Kier molecular flexibility index (Phi) is 3.32. The molecule has 0 radical (unpaired) electrons. The second kappa shape index (κ2) is 4.76. The van der Waals surface area contributed by atoms with Crippen LogP contribution in [0, 0.1) is 12.8 Å². The summed E-state index contributed by atoms with van der Waals surface area (Å²) in [6, 6.07) is 2.59. The lowest BCUT2D eigenvalue weighted by molar-refractivity contribution is -0.142. The van der Waals surface area contributed by atoms with Crippen LogP contribution in [0.25, 0.3) is 0 Å². The van der Waals surface area contributed by atoms with Gasteiger partial charge in [0.15, 0.2) is 0 Å². The third-order valence-corrected chi connectivity index (χ3v) is 3.36. The Labute approximate surface area is 105 Å². The SMILES string of the molecule is Cc1cc(C(=O)N2CCC(C)C2C(=O)O)ccn1. The molecule has 5 heteroatoms. The summed E-state index contributed by atoms with van der Waals surface area (Å²) in [6.07, 6.45) is 2.30. The number of aromatic nitrogens is 1. The van der Waals surface area contributed by atoms with Crippen molar-refractivity contribution in [1.29, 1.82) is 0 Å². The van der Waals surface area contributed by atoms with Crippen LogP contribution in [0.2, 0.25) is 0 Å². The molecule has 0 spiro atoms. The third-order valence-electron chi connectivity index (χ3n) is 3.36. The van der Waals surface area contributed by atoms with Gasteiger partial charge in [-0.3, -0.25) is 9.78 Å². The molecule has 1 aromatic heterocycles. The van der Waals surface area contributed by atoms with Gasteiger partial charge in [-0.2, -0.15) is 0 Å². The minimum atomic E-state index is -0.931. The standard InChI is InChI=1S/C13H16N2O3/c1-8-4-6-15(11(8)13(17)18)12(16)10-3-5-14-9(2)7-10/h3,5,7-8,11H,4,6H2,1-2H3,(H,17,18). The first-order chi connectivity index (χ1) is 8.50. The Morgan fingerprint density at radius 3 is 2.83 bits per heavy atom. The van der Waals surface area contributed by atoms with Gasteiger partial charge in [0.1, 0.15) is 6.04 Å². The van der Waals surface area contributed by atoms with Crippen LogP contribution < -0.4 is 0 Å². The first-order valence-electron chi connectivity index (χ1n) is 5.97. The molecule has 0 saturated carbocycles. The molecule has 5 nitrogen and oxygen atoms in total. The van der Waals surface area contributed by atoms with Gasteiger partial charge in [-0.05, 0) is 31.4 Å². The van der Waals surface area contributed by atoms with E-state index in [4.69, 9.17) is 0 Å². The molecule has 1 aliphatic heterocycles. The van der Waals surface area contributed by atoms with Crippen molar-refractivity contribution in [2.75, 3.05) is 6.54 Å². The molecule has 18 heavy (non-hydrogen) atoms. The highest BCUT2D eigenvalue weighted by molar-refractivity contribution is 5.97. The Balaban J connectivity index is 2.26. The fourth-order valence-electron chi connectivity index (χ4n) is 2.40. The topological polar surface area (TPSA) is 70.5 Å². The molecule has 2 atom stereocenters. The predicted octanol–water partition coefficient (Wildman–Crippen LogP) is 1.33. The summed E-state index contributed by atoms with van der Waals surface area (Å²) in [5, 5.41) is 9.20. The summed E-state index contributed by atoms with van der Waals surface area (Å²) in [5.74, 6) is -1.16. The van der Waals surface area contributed by atoms with E-state index in [1.807, 2.05) is 6.92 Å². The number of likely N-dealkylation sites (tertiary alicyclic amines) is 1. The minimum Gasteiger partial charge on any atom is -0.480 e. The number of carboxylic acids is 1. The maximum Gasteiger partial charge on any atom is 0.326 e. The number of carbonyl (C=O) groups is 2. The Morgan fingerprint density at radius 1 is 1.50 bits per heavy atom. The molecule has 0 aliphatic carbocycles. The smallest absolute Gasteiger partial charge is 0.326 e. The zero-order valence-corrected chi connectivity index (χ0v) is 10.5. The van der Waals surface area contributed by atoms with Crippen molar-refractivity contribution < 1.29 is 14.7 Å². The molecule has 2 heterocycles. The van der Waals surface area contributed by atoms with Crippen LogP contribution >= 0.6 is 0 Å². The molecule has 1 N–H and O–H groups in total. The largest absolute Gasteiger partial charge is 0.480 e. The van der Waals surface area contributed by atoms with Crippen molar-refractivity contribution in [3.05, 3.63) is 29.6 Å². The molecular formula is C13H16N2O3. The van der Waals surface area contributed by atoms with Crippen LogP contribution in [0.4, 0.5) is 0 Å². The summed E-state index contributed by atoms with van der Waals surface area (Å²) in [5.41, 5.74) is 1.25. The zero-order valence-electron chi connectivity index (χ0n) is 10.5. The lowest BCUT2D eigenvalue weighted by Crippen LogP contribution is -2.42. The molecule has 1 saturated heterocycles. The van der Waals surface area contributed by atoms with Crippen molar-refractivity contribution >= 4 is 11.9 Å². The van der Waals surface area contributed by atoms with Gasteiger partial charge in [-0.25, -0.2) is 4.79 Å². The van der Waals surface area contributed by atoms with Gasteiger partial charge >= 0.3 is 5.97 Å². The summed E-state index contributed by atoms with van der Waals surface area (Å²) in [6.45, 7) is 4.17. The van der Waals surface area contributed by atoms with Crippen molar-refractivity contribution in [1.82, 2.24) is 9.88 Å². The van der Waals surface area contributed by atoms with E-state index in [0.29, 0.717) is 12.1 Å². The van der Waals surface area contributed by atoms with E-state index in [-0.39, 0.29) is 11.8 Å². The fourth-order valence-corrected chi connectivity index (χ4v) is 2.40. The first-order valence-corrected chi connectivity index (χ1v) is 5.97. The van der Waals surface area contributed by atoms with Crippen molar-refractivity contribution in [3.8, 4) is 0 Å². The second-order valence-corrected chi connectivity index (χ2v) is 4.73. The molecule has 96 valence electrons. The molecule has 0 aromatic carbocycles. The Hall–Kier alpha value is -1.91. The van der Waals surface area contributed by atoms with Gasteiger partial charge in [-0.15, -0.1) is 0 Å². The van der Waals surface area contributed by atoms with E-state index in [0.717, 1.165) is 12.1 Å². The molecule has 1 amide bonds. The van der Waals surface area contributed by atoms with Crippen LogP contribution in [0.3, 0.4) is 0 Å². The number of carboxylic acid groups (broad SMARTS) is 1. The quantitative estimate of drug-likeness (QED) is 0.857. The average molecular weight is 248 g/mol. The van der Waals surface area contributed by atoms with Crippen LogP contribution in [0.5, 0.6) is 0 Å². The van der Waals surface area contributed by atoms with E-state index in [9.17, 15) is 14.7 Å². The van der Waals surface area contributed by atoms with E-state index < -0.39 is 12.0 Å². The van der Waals surface area contributed by atoms with E-state index in [1.54, 1.807) is 25.3 Å². The van der Waals surface area contributed by atoms with E-state index in [2.05, 4.69) is 4.98 Å². The zero-order chi connectivity index (χ0) is 13.3. The molecular weight excluding hydrogens is 232 g/mol. The maximum atomic E-state index is 12.3. The predicted molar refractivity (Wildman–Crippen MR) is 65.2 cm³/mol. The second-order valence-electron chi connectivity index (χ2n) is 4.73. The Morgan fingerprint density at radius 2 is 2.22 bits per heavy atom. The third kappa shape index (κ3) is 2.20. The number of nitrogens with zero attached hydrogens (tertiary/aromatic N) is 2. The van der Waals surface area contributed by atoms with Crippen molar-refractivity contribution in [2.45, 2.75) is 26.3 Å². The highest BCUT2D eigenvalue weighted by atomic mass is 16.4. The van der Waals surface area contributed by atoms with Gasteiger partial charge in [-0.1, -0.05) is 6.92 Å². The number of aryl methyl sites for hydroxylation is 1. The highest BCUT2D eigenvalue weighted by Crippen LogP contribution is 2.25. The number of aliphatic carboxylic acids is 1. The number of hydrogen-bond acceptors (Lipinski definition) is 3. The lowest BCUT2D eigenvalue weighted by Gasteiger charge is -2.23. The van der Waals surface area contributed by atoms with Gasteiger partial charge in [0, 0.05) is 24.0 Å². The summed E-state index contributed by atoms with van der Waals surface area (Å²) in [4.78, 5) is 29.0.